The highest BCUT2D eigenvalue weighted by Gasteiger charge is 2.47. The molecular weight excluding hydrogens is 212 g/mol. The van der Waals surface area contributed by atoms with E-state index >= 15 is 0 Å². The van der Waals surface area contributed by atoms with Gasteiger partial charge in [-0.3, -0.25) is 4.79 Å². The van der Waals surface area contributed by atoms with Gasteiger partial charge in [0.25, 0.3) is 0 Å². The van der Waals surface area contributed by atoms with Crippen LogP contribution in [0.4, 0.5) is 0 Å². The number of rotatable bonds is 2. The normalized spacial score (nSPS) is 27.0. The van der Waals surface area contributed by atoms with Crippen molar-refractivity contribution in [3.63, 3.8) is 0 Å². The zero-order valence-corrected chi connectivity index (χ0v) is 10.8. The Labute approximate surface area is 103 Å². The summed E-state index contributed by atoms with van der Waals surface area (Å²) in [7, 11) is 0. The minimum absolute atomic E-state index is 0.0455. The van der Waals surface area contributed by atoms with Crippen molar-refractivity contribution in [2.24, 2.45) is 5.41 Å². The molecule has 0 saturated heterocycles. The molecule has 1 aromatic carbocycles. The van der Waals surface area contributed by atoms with Gasteiger partial charge in [-0.15, -0.1) is 0 Å². The Balaban J connectivity index is 2.56. The molecule has 0 spiro atoms. The zero-order valence-electron chi connectivity index (χ0n) is 10.8. The molecule has 0 aliphatic heterocycles. The van der Waals surface area contributed by atoms with Crippen LogP contribution in [-0.2, 0) is 5.41 Å². The van der Waals surface area contributed by atoms with E-state index in [9.17, 15) is 9.90 Å². The molecule has 1 unspecified atom stereocenters. The standard InChI is InChI=1S/C15H20O2/c1-14(2)7-4-8-15(14,3)12-9-11(10-16)5-6-13(12)17/h5-6,9-10,17H,4,7-8H2,1-3H3. The van der Waals surface area contributed by atoms with Crippen LogP contribution in [0, 0.1) is 5.41 Å². The number of aldehydes is 1. The highest BCUT2D eigenvalue weighted by Crippen LogP contribution is 2.55. The summed E-state index contributed by atoms with van der Waals surface area (Å²) in [6.07, 6.45) is 4.24. The summed E-state index contributed by atoms with van der Waals surface area (Å²) in [5.74, 6) is 0.313. The molecule has 1 fully saturated rings. The molecule has 1 N–H and O–H groups in total. The third-order valence-electron chi connectivity index (χ3n) is 4.72. The second-order valence-corrected chi connectivity index (χ2v) is 5.96. The van der Waals surface area contributed by atoms with Crippen LogP contribution in [0.1, 0.15) is 56.0 Å². The topological polar surface area (TPSA) is 37.3 Å². The van der Waals surface area contributed by atoms with E-state index in [1.807, 2.05) is 6.07 Å². The number of carbonyl (C=O) groups is 1. The van der Waals surface area contributed by atoms with Crippen molar-refractivity contribution in [1.82, 2.24) is 0 Å². The molecule has 2 heteroatoms. The van der Waals surface area contributed by atoms with E-state index in [2.05, 4.69) is 20.8 Å². The summed E-state index contributed by atoms with van der Waals surface area (Å²) in [4.78, 5) is 10.9. The Hall–Kier alpha value is -1.31. The zero-order chi connectivity index (χ0) is 12.7. The maximum absolute atomic E-state index is 10.9. The van der Waals surface area contributed by atoms with Gasteiger partial charge < -0.3 is 5.11 Å². The summed E-state index contributed by atoms with van der Waals surface area (Å²) in [5.41, 5.74) is 1.67. The van der Waals surface area contributed by atoms with Crippen molar-refractivity contribution in [1.29, 1.82) is 0 Å². The first kappa shape index (κ1) is 12.2. The average molecular weight is 232 g/mol. The molecule has 0 amide bonds. The number of hydrogen-bond donors (Lipinski definition) is 1. The summed E-state index contributed by atoms with van der Waals surface area (Å²) in [6, 6.07) is 5.14. The van der Waals surface area contributed by atoms with Crippen molar-refractivity contribution in [3.8, 4) is 5.75 Å². The molecule has 1 saturated carbocycles. The first-order valence-corrected chi connectivity index (χ1v) is 6.19. The second kappa shape index (κ2) is 3.86. The largest absolute Gasteiger partial charge is 0.508 e. The molecule has 0 heterocycles. The van der Waals surface area contributed by atoms with Gasteiger partial charge >= 0.3 is 0 Å². The predicted molar refractivity (Wildman–Crippen MR) is 68.5 cm³/mol. The van der Waals surface area contributed by atoms with Crippen LogP contribution in [0.5, 0.6) is 5.75 Å². The van der Waals surface area contributed by atoms with Gasteiger partial charge in [-0.2, -0.15) is 0 Å². The fourth-order valence-corrected chi connectivity index (χ4v) is 3.07. The van der Waals surface area contributed by atoms with Gasteiger partial charge in [0.2, 0.25) is 0 Å². The first-order chi connectivity index (χ1) is 7.90. The van der Waals surface area contributed by atoms with Crippen molar-refractivity contribution >= 4 is 6.29 Å². The second-order valence-electron chi connectivity index (χ2n) is 5.96. The third kappa shape index (κ3) is 1.76. The molecule has 2 rings (SSSR count). The van der Waals surface area contributed by atoms with Crippen molar-refractivity contribution < 1.29 is 9.90 Å². The van der Waals surface area contributed by atoms with E-state index in [1.54, 1.807) is 12.1 Å². The van der Waals surface area contributed by atoms with Gasteiger partial charge in [0.1, 0.15) is 12.0 Å². The van der Waals surface area contributed by atoms with E-state index in [4.69, 9.17) is 0 Å². The monoisotopic (exact) mass is 232 g/mol. The summed E-state index contributed by atoms with van der Waals surface area (Å²) < 4.78 is 0. The molecular formula is C15H20O2. The minimum atomic E-state index is -0.0455. The fourth-order valence-electron chi connectivity index (χ4n) is 3.07. The lowest BCUT2D eigenvalue weighted by atomic mass is 9.65. The lowest BCUT2D eigenvalue weighted by molar-refractivity contribution is 0.112. The molecule has 2 nitrogen and oxygen atoms in total. The van der Waals surface area contributed by atoms with Crippen LogP contribution < -0.4 is 0 Å². The number of phenolic OH excluding ortho intramolecular Hbond substituents is 1. The van der Waals surface area contributed by atoms with Crippen LogP contribution in [0.15, 0.2) is 18.2 Å². The molecule has 0 radical (unpaired) electrons. The molecule has 1 atom stereocenters. The summed E-state index contributed by atoms with van der Waals surface area (Å²) in [6.45, 7) is 6.68. The lowest BCUT2D eigenvalue weighted by Gasteiger charge is -2.39. The van der Waals surface area contributed by atoms with Gasteiger partial charge in [0, 0.05) is 16.5 Å². The molecule has 92 valence electrons. The lowest BCUT2D eigenvalue weighted by Crippen LogP contribution is -2.34. The predicted octanol–water partition coefficient (Wildman–Crippen LogP) is 3.67. The van der Waals surface area contributed by atoms with E-state index in [0.717, 1.165) is 24.7 Å². The number of hydrogen-bond acceptors (Lipinski definition) is 2. The van der Waals surface area contributed by atoms with Crippen molar-refractivity contribution in [2.45, 2.75) is 45.4 Å². The quantitative estimate of drug-likeness (QED) is 0.790. The van der Waals surface area contributed by atoms with E-state index in [1.165, 1.54) is 6.42 Å². The number of benzene rings is 1. The van der Waals surface area contributed by atoms with Crippen molar-refractivity contribution in [2.75, 3.05) is 0 Å². The summed E-state index contributed by atoms with van der Waals surface area (Å²) in [5, 5.41) is 10.1. The van der Waals surface area contributed by atoms with Gasteiger partial charge in [0.05, 0.1) is 0 Å². The van der Waals surface area contributed by atoms with Gasteiger partial charge in [-0.1, -0.05) is 27.2 Å². The van der Waals surface area contributed by atoms with E-state index < -0.39 is 0 Å². The first-order valence-electron chi connectivity index (χ1n) is 6.19. The van der Waals surface area contributed by atoms with Gasteiger partial charge in [0.15, 0.2) is 0 Å². The molecule has 1 aromatic rings. The van der Waals surface area contributed by atoms with Crippen molar-refractivity contribution in [3.05, 3.63) is 29.3 Å². The van der Waals surface area contributed by atoms with Crippen LogP contribution in [0.25, 0.3) is 0 Å². The highest BCUT2D eigenvalue weighted by atomic mass is 16.3. The highest BCUT2D eigenvalue weighted by molar-refractivity contribution is 5.76. The average Bonchev–Trinajstić information content (AvgIpc) is 2.55. The molecule has 1 aliphatic carbocycles. The van der Waals surface area contributed by atoms with Crippen LogP contribution in [0.2, 0.25) is 0 Å². The SMILES string of the molecule is CC1(C)CCCC1(C)c1cc(C=O)ccc1O. The van der Waals surface area contributed by atoms with Crippen LogP contribution in [-0.4, -0.2) is 11.4 Å². The van der Waals surface area contributed by atoms with Gasteiger partial charge in [-0.05, 0) is 36.5 Å². The fraction of sp³-hybridized carbons (Fsp3) is 0.533. The smallest absolute Gasteiger partial charge is 0.150 e. The van der Waals surface area contributed by atoms with Crippen LogP contribution >= 0.6 is 0 Å². The molecule has 0 aromatic heterocycles. The molecule has 1 aliphatic rings. The Morgan fingerprint density at radius 3 is 2.47 bits per heavy atom. The number of carbonyl (C=O) groups excluding carboxylic acids is 1. The molecule has 0 bridgehead atoms. The maximum Gasteiger partial charge on any atom is 0.150 e. The van der Waals surface area contributed by atoms with Gasteiger partial charge in [-0.25, -0.2) is 0 Å². The summed E-state index contributed by atoms with van der Waals surface area (Å²) >= 11 is 0. The Morgan fingerprint density at radius 2 is 1.94 bits per heavy atom. The van der Waals surface area contributed by atoms with Crippen LogP contribution in [0.3, 0.4) is 0 Å². The number of phenols is 1. The van der Waals surface area contributed by atoms with E-state index in [-0.39, 0.29) is 10.8 Å². The Kier molecular flexibility index (Phi) is 2.76. The molecule has 17 heavy (non-hydrogen) atoms. The maximum atomic E-state index is 10.9. The number of aromatic hydroxyl groups is 1. The third-order valence-corrected chi connectivity index (χ3v) is 4.72. The Bertz CT molecular complexity index is 448. The minimum Gasteiger partial charge on any atom is -0.508 e. The van der Waals surface area contributed by atoms with E-state index in [0.29, 0.717) is 11.3 Å². The Morgan fingerprint density at radius 1 is 1.24 bits per heavy atom.